The number of halogens is 1. The summed E-state index contributed by atoms with van der Waals surface area (Å²) in [4.78, 5) is 22.1. The molecule has 2 amide bonds. The van der Waals surface area contributed by atoms with Crippen LogP contribution in [0.4, 0.5) is 11.4 Å². The SMILES string of the molecule is COCC(=O)Nc1ccc(NC(C)=O)cc1Cl. The van der Waals surface area contributed by atoms with Crippen molar-refractivity contribution in [2.45, 2.75) is 6.92 Å². The number of carbonyl (C=O) groups excluding carboxylic acids is 2. The van der Waals surface area contributed by atoms with E-state index in [0.29, 0.717) is 16.4 Å². The lowest BCUT2D eigenvalue weighted by atomic mass is 10.2. The largest absolute Gasteiger partial charge is 0.375 e. The Morgan fingerprint density at radius 1 is 1.35 bits per heavy atom. The Bertz CT molecular complexity index is 435. The molecule has 0 spiro atoms. The summed E-state index contributed by atoms with van der Waals surface area (Å²) < 4.78 is 4.68. The van der Waals surface area contributed by atoms with E-state index in [-0.39, 0.29) is 18.4 Å². The highest BCUT2D eigenvalue weighted by atomic mass is 35.5. The summed E-state index contributed by atoms with van der Waals surface area (Å²) in [5, 5.41) is 5.52. The molecule has 0 radical (unpaired) electrons. The summed E-state index contributed by atoms with van der Waals surface area (Å²) in [5.41, 5.74) is 1.05. The first-order valence-electron chi connectivity index (χ1n) is 4.89. The number of methoxy groups -OCH3 is 1. The lowest BCUT2D eigenvalue weighted by Crippen LogP contribution is -2.17. The Morgan fingerprint density at radius 2 is 2.06 bits per heavy atom. The third-order valence-corrected chi connectivity index (χ3v) is 2.15. The maximum absolute atomic E-state index is 11.3. The maximum Gasteiger partial charge on any atom is 0.250 e. The lowest BCUT2D eigenvalue weighted by Gasteiger charge is -2.08. The van der Waals surface area contributed by atoms with Gasteiger partial charge in [0, 0.05) is 19.7 Å². The highest BCUT2D eigenvalue weighted by molar-refractivity contribution is 6.34. The second-order valence-corrected chi connectivity index (χ2v) is 3.76. The van der Waals surface area contributed by atoms with Crippen LogP contribution in [0.15, 0.2) is 18.2 Å². The normalized spacial score (nSPS) is 9.82. The third kappa shape index (κ3) is 4.42. The molecule has 17 heavy (non-hydrogen) atoms. The molecule has 0 aliphatic carbocycles. The fourth-order valence-corrected chi connectivity index (χ4v) is 1.44. The number of anilines is 2. The van der Waals surface area contributed by atoms with Crippen molar-refractivity contribution in [3.05, 3.63) is 23.2 Å². The zero-order valence-electron chi connectivity index (χ0n) is 9.54. The summed E-state index contributed by atoms with van der Waals surface area (Å²) >= 11 is 5.95. The first-order valence-corrected chi connectivity index (χ1v) is 5.26. The van der Waals surface area contributed by atoms with Crippen molar-refractivity contribution in [1.29, 1.82) is 0 Å². The molecule has 0 aromatic heterocycles. The van der Waals surface area contributed by atoms with Gasteiger partial charge in [0.2, 0.25) is 11.8 Å². The van der Waals surface area contributed by atoms with E-state index in [1.165, 1.54) is 14.0 Å². The Hall–Kier alpha value is -1.59. The van der Waals surface area contributed by atoms with E-state index in [2.05, 4.69) is 15.4 Å². The van der Waals surface area contributed by atoms with Crippen molar-refractivity contribution in [3.63, 3.8) is 0 Å². The summed E-state index contributed by atoms with van der Waals surface area (Å²) in [6.07, 6.45) is 0. The van der Waals surface area contributed by atoms with Crippen LogP contribution >= 0.6 is 11.6 Å². The van der Waals surface area contributed by atoms with Gasteiger partial charge in [0.1, 0.15) is 6.61 Å². The Labute approximate surface area is 104 Å². The number of hydrogen-bond acceptors (Lipinski definition) is 3. The van der Waals surface area contributed by atoms with Crippen LogP contribution in [0.1, 0.15) is 6.92 Å². The molecular weight excluding hydrogens is 244 g/mol. The lowest BCUT2D eigenvalue weighted by molar-refractivity contribution is -0.119. The van der Waals surface area contributed by atoms with Crippen LogP contribution in [-0.2, 0) is 14.3 Å². The first kappa shape index (κ1) is 13.5. The molecule has 0 unspecified atom stereocenters. The van der Waals surface area contributed by atoms with Gasteiger partial charge in [-0.2, -0.15) is 0 Å². The molecule has 0 saturated heterocycles. The van der Waals surface area contributed by atoms with Crippen LogP contribution in [-0.4, -0.2) is 25.5 Å². The zero-order valence-corrected chi connectivity index (χ0v) is 10.3. The molecule has 0 fully saturated rings. The molecule has 92 valence electrons. The van der Waals surface area contributed by atoms with E-state index in [9.17, 15) is 9.59 Å². The minimum atomic E-state index is -0.290. The predicted octanol–water partition coefficient (Wildman–Crippen LogP) is 1.88. The van der Waals surface area contributed by atoms with E-state index in [1.807, 2.05) is 0 Å². The number of ether oxygens (including phenoxy) is 1. The molecule has 0 saturated carbocycles. The Morgan fingerprint density at radius 3 is 2.59 bits per heavy atom. The van der Waals surface area contributed by atoms with Crippen LogP contribution in [0.5, 0.6) is 0 Å². The Kier molecular flexibility index (Phi) is 4.93. The molecule has 1 aromatic carbocycles. The number of amides is 2. The number of rotatable bonds is 4. The van der Waals surface area contributed by atoms with E-state index in [4.69, 9.17) is 11.6 Å². The van der Waals surface area contributed by atoms with Gasteiger partial charge in [0.25, 0.3) is 0 Å². The molecule has 0 aliphatic heterocycles. The fraction of sp³-hybridized carbons (Fsp3) is 0.273. The molecule has 0 heterocycles. The van der Waals surface area contributed by atoms with E-state index >= 15 is 0 Å². The smallest absolute Gasteiger partial charge is 0.250 e. The van der Waals surface area contributed by atoms with Crippen molar-refractivity contribution < 1.29 is 14.3 Å². The van der Waals surface area contributed by atoms with Gasteiger partial charge in [-0.25, -0.2) is 0 Å². The van der Waals surface area contributed by atoms with Crippen molar-refractivity contribution in [2.24, 2.45) is 0 Å². The van der Waals surface area contributed by atoms with Crippen molar-refractivity contribution in [1.82, 2.24) is 0 Å². The highest BCUT2D eigenvalue weighted by Gasteiger charge is 2.06. The molecule has 0 atom stereocenters. The molecule has 2 N–H and O–H groups in total. The van der Waals surface area contributed by atoms with Gasteiger partial charge in [-0.3, -0.25) is 9.59 Å². The number of carbonyl (C=O) groups is 2. The topological polar surface area (TPSA) is 67.4 Å². The first-order chi connectivity index (χ1) is 8.02. The summed E-state index contributed by atoms with van der Waals surface area (Å²) in [6.45, 7) is 1.37. The average Bonchev–Trinajstić information content (AvgIpc) is 2.21. The van der Waals surface area contributed by atoms with Crippen LogP contribution < -0.4 is 10.6 Å². The molecule has 0 aliphatic rings. The van der Waals surface area contributed by atoms with Gasteiger partial charge in [0.15, 0.2) is 0 Å². The monoisotopic (exact) mass is 256 g/mol. The van der Waals surface area contributed by atoms with Crippen LogP contribution in [0.25, 0.3) is 0 Å². The van der Waals surface area contributed by atoms with Crippen LogP contribution in [0.2, 0.25) is 5.02 Å². The number of benzene rings is 1. The summed E-state index contributed by atoms with van der Waals surface area (Å²) in [7, 11) is 1.43. The molecular formula is C11H13ClN2O3. The second-order valence-electron chi connectivity index (χ2n) is 3.36. The maximum atomic E-state index is 11.3. The number of nitrogens with one attached hydrogen (secondary N) is 2. The van der Waals surface area contributed by atoms with Gasteiger partial charge in [0.05, 0.1) is 10.7 Å². The Balaban J connectivity index is 2.75. The number of hydrogen-bond donors (Lipinski definition) is 2. The van der Waals surface area contributed by atoms with E-state index in [0.717, 1.165) is 0 Å². The van der Waals surface area contributed by atoms with Gasteiger partial charge < -0.3 is 15.4 Å². The molecule has 1 rings (SSSR count). The highest BCUT2D eigenvalue weighted by Crippen LogP contribution is 2.25. The average molecular weight is 257 g/mol. The molecule has 5 nitrogen and oxygen atoms in total. The van der Waals surface area contributed by atoms with Gasteiger partial charge in [-0.15, -0.1) is 0 Å². The van der Waals surface area contributed by atoms with Crippen LogP contribution in [0, 0.1) is 0 Å². The van der Waals surface area contributed by atoms with Gasteiger partial charge in [-0.1, -0.05) is 11.6 Å². The summed E-state index contributed by atoms with van der Waals surface area (Å²) in [5.74, 6) is -0.473. The quantitative estimate of drug-likeness (QED) is 0.864. The minimum absolute atomic E-state index is 0.0379. The predicted molar refractivity (Wildman–Crippen MR) is 66.3 cm³/mol. The third-order valence-electron chi connectivity index (χ3n) is 1.84. The second kappa shape index (κ2) is 6.22. The molecule has 1 aromatic rings. The molecule has 6 heteroatoms. The van der Waals surface area contributed by atoms with Crippen LogP contribution in [0.3, 0.4) is 0 Å². The summed E-state index contributed by atoms with van der Waals surface area (Å²) in [6, 6.07) is 4.82. The van der Waals surface area contributed by atoms with Crippen molar-refractivity contribution >= 4 is 34.8 Å². The van der Waals surface area contributed by atoms with Crippen molar-refractivity contribution in [2.75, 3.05) is 24.4 Å². The van der Waals surface area contributed by atoms with E-state index < -0.39 is 0 Å². The fourth-order valence-electron chi connectivity index (χ4n) is 1.21. The van der Waals surface area contributed by atoms with Crippen molar-refractivity contribution in [3.8, 4) is 0 Å². The minimum Gasteiger partial charge on any atom is -0.375 e. The van der Waals surface area contributed by atoms with E-state index in [1.54, 1.807) is 18.2 Å². The van der Waals surface area contributed by atoms with Gasteiger partial charge >= 0.3 is 0 Å². The molecule has 0 bridgehead atoms. The van der Waals surface area contributed by atoms with Gasteiger partial charge in [-0.05, 0) is 18.2 Å². The standard InChI is InChI=1S/C11H13ClN2O3/c1-7(15)13-8-3-4-10(9(12)5-8)14-11(16)6-17-2/h3-5H,6H2,1-2H3,(H,13,15)(H,14,16). The zero-order chi connectivity index (χ0) is 12.8.